The SMILES string of the molecule is Cl.NC(=O)C(c1ccc(F)cc1)N1C[C@@H](C(F)(F)F)[C@H](C(=O)O)C1. The fourth-order valence-electron chi connectivity index (χ4n) is 2.83. The van der Waals surface area contributed by atoms with E-state index in [1.165, 1.54) is 12.1 Å². The highest BCUT2D eigenvalue weighted by molar-refractivity contribution is 5.85. The standard InChI is InChI=1S/C14H14F4N2O3.ClH/c15-8-3-1-7(2-4-8)11(12(19)21)20-5-9(13(22)23)10(6-20)14(16,17)18;/h1-4,9-11H,5-6H2,(H2,19,21)(H,22,23);1H/t9-,10-,11?;/m1./s1. The van der Waals surface area contributed by atoms with E-state index in [9.17, 15) is 27.2 Å². The highest BCUT2D eigenvalue weighted by Crippen LogP contribution is 2.40. The van der Waals surface area contributed by atoms with Gasteiger partial charge in [0.25, 0.3) is 0 Å². The molecule has 24 heavy (non-hydrogen) atoms. The number of rotatable bonds is 4. The number of halogens is 5. The van der Waals surface area contributed by atoms with Crippen molar-refractivity contribution in [2.75, 3.05) is 13.1 Å². The van der Waals surface area contributed by atoms with E-state index >= 15 is 0 Å². The van der Waals surface area contributed by atoms with Crippen LogP contribution in [0.1, 0.15) is 11.6 Å². The fourth-order valence-corrected chi connectivity index (χ4v) is 2.83. The highest BCUT2D eigenvalue weighted by atomic mass is 35.5. The van der Waals surface area contributed by atoms with Gasteiger partial charge in [-0.2, -0.15) is 13.2 Å². The summed E-state index contributed by atoms with van der Waals surface area (Å²) in [6.07, 6.45) is -4.71. The van der Waals surface area contributed by atoms with Gasteiger partial charge >= 0.3 is 12.1 Å². The van der Waals surface area contributed by atoms with Gasteiger partial charge in [0.1, 0.15) is 11.9 Å². The molecule has 1 aliphatic heterocycles. The molecule has 10 heteroatoms. The van der Waals surface area contributed by atoms with Gasteiger partial charge in [0.15, 0.2) is 0 Å². The number of carbonyl (C=O) groups is 2. The first kappa shape index (κ1) is 20.2. The van der Waals surface area contributed by atoms with Gasteiger partial charge < -0.3 is 10.8 Å². The molecule has 134 valence electrons. The Balaban J connectivity index is 0.00000288. The van der Waals surface area contributed by atoms with Gasteiger partial charge in [-0.3, -0.25) is 14.5 Å². The van der Waals surface area contributed by atoms with Crippen LogP contribution in [-0.2, 0) is 9.59 Å². The van der Waals surface area contributed by atoms with Crippen molar-refractivity contribution in [1.82, 2.24) is 4.90 Å². The number of amides is 1. The molecular weight excluding hydrogens is 356 g/mol. The molecule has 0 spiro atoms. The fraction of sp³-hybridized carbons (Fsp3) is 0.429. The average Bonchev–Trinajstić information content (AvgIpc) is 2.86. The number of hydrogen-bond acceptors (Lipinski definition) is 3. The first-order chi connectivity index (χ1) is 10.6. The second kappa shape index (κ2) is 7.35. The zero-order chi connectivity index (χ0) is 17.4. The molecule has 0 saturated carbocycles. The van der Waals surface area contributed by atoms with Gasteiger partial charge in [-0.1, -0.05) is 12.1 Å². The highest BCUT2D eigenvalue weighted by Gasteiger charge is 2.54. The minimum absolute atomic E-state index is 0. The van der Waals surface area contributed by atoms with E-state index in [0.717, 1.165) is 17.0 Å². The third kappa shape index (κ3) is 4.15. The summed E-state index contributed by atoms with van der Waals surface area (Å²) in [4.78, 5) is 23.8. The summed E-state index contributed by atoms with van der Waals surface area (Å²) < 4.78 is 52.0. The zero-order valence-corrected chi connectivity index (χ0v) is 13.0. The van der Waals surface area contributed by atoms with Crippen molar-refractivity contribution in [2.24, 2.45) is 17.6 Å². The molecule has 1 unspecified atom stereocenters. The van der Waals surface area contributed by atoms with E-state index in [1.807, 2.05) is 0 Å². The number of carboxylic acids is 1. The van der Waals surface area contributed by atoms with E-state index in [-0.39, 0.29) is 18.0 Å². The van der Waals surface area contributed by atoms with Crippen molar-refractivity contribution in [1.29, 1.82) is 0 Å². The molecule has 3 N–H and O–H groups in total. The molecule has 1 aromatic carbocycles. The first-order valence-electron chi connectivity index (χ1n) is 6.69. The molecule has 3 atom stereocenters. The van der Waals surface area contributed by atoms with Crippen molar-refractivity contribution >= 4 is 24.3 Å². The Morgan fingerprint density at radius 2 is 1.75 bits per heavy atom. The van der Waals surface area contributed by atoms with Gasteiger partial charge in [-0.15, -0.1) is 12.4 Å². The Bertz CT molecular complexity index is 609. The minimum Gasteiger partial charge on any atom is -0.481 e. The Morgan fingerprint density at radius 1 is 1.21 bits per heavy atom. The Hall–Kier alpha value is -1.87. The molecule has 0 aromatic heterocycles. The number of benzene rings is 1. The summed E-state index contributed by atoms with van der Waals surface area (Å²) >= 11 is 0. The third-order valence-corrected chi connectivity index (χ3v) is 3.91. The van der Waals surface area contributed by atoms with Crippen LogP contribution in [-0.4, -0.2) is 41.1 Å². The number of aliphatic carboxylic acids is 1. The molecule has 1 heterocycles. The first-order valence-corrected chi connectivity index (χ1v) is 6.69. The number of nitrogens with two attached hydrogens (primary N) is 1. The zero-order valence-electron chi connectivity index (χ0n) is 12.2. The second-order valence-corrected chi connectivity index (χ2v) is 5.40. The normalized spacial score (nSPS) is 22.7. The smallest absolute Gasteiger partial charge is 0.393 e. The maximum Gasteiger partial charge on any atom is 0.393 e. The number of alkyl halides is 3. The van der Waals surface area contributed by atoms with Crippen LogP contribution >= 0.6 is 12.4 Å². The molecular formula is C14H15ClF4N2O3. The lowest BCUT2D eigenvalue weighted by molar-refractivity contribution is -0.188. The van der Waals surface area contributed by atoms with Crippen LogP contribution in [0.25, 0.3) is 0 Å². The van der Waals surface area contributed by atoms with Crippen LogP contribution in [0.3, 0.4) is 0 Å². The van der Waals surface area contributed by atoms with Crippen molar-refractivity contribution < 1.29 is 32.3 Å². The number of carboxylic acid groups (broad SMARTS) is 1. The van der Waals surface area contributed by atoms with E-state index < -0.39 is 54.8 Å². The number of primary amides is 1. The Morgan fingerprint density at radius 3 is 2.12 bits per heavy atom. The van der Waals surface area contributed by atoms with Gasteiger partial charge in [0, 0.05) is 13.1 Å². The molecule has 1 fully saturated rings. The summed E-state index contributed by atoms with van der Waals surface area (Å²) in [5.41, 5.74) is 5.47. The molecule has 0 aliphatic carbocycles. The minimum atomic E-state index is -4.71. The molecule has 2 rings (SSSR count). The van der Waals surface area contributed by atoms with Crippen LogP contribution in [0.15, 0.2) is 24.3 Å². The molecule has 1 saturated heterocycles. The molecule has 0 bridgehead atoms. The number of carbonyl (C=O) groups excluding carboxylic acids is 1. The van der Waals surface area contributed by atoms with Crippen LogP contribution in [0.2, 0.25) is 0 Å². The largest absolute Gasteiger partial charge is 0.481 e. The second-order valence-electron chi connectivity index (χ2n) is 5.40. The van der Waals surface area contributed by atoms with E-state index in [2.05, 4.69) is 0 Å². The molecule has 1 aliphatic rings. The summed E-state index contributed by atoms with van der Waals surface area (Å²) in [6, 6.07) is 3.34. The van der Waals surface area contributed by atoms with Gasteiger partial charge in [-0.25, -0.2) is 4.39 Å². The predicted molar refractivity (Wildman–Crippen MR) is 77.8 cm³/mol. The lowest BCUT2D eigenvalue weighted by atomic mass is 9.96. The van der Waals surface area contributed by atoms with Crippen molar-refractivity contribution in [3.63, 3.8) is 0 Å². The van der Waals surface area contributed by atoms with E-state index in [4.69, 9.17) is 10.8 Å². The lowest BCUT2D eigenvalue weighted by Gasteiger charge is -2.25. The van der Waals surface area contributed by atoms with E-state index in [0.29, 0.717) is 0 Å². The summed E-state index contributed by atoms with van der Waals surface area (Å²) in [5.74, 6) is -6.87. The number of hydrogen-bond donors (Lipinski definition) is 2. The summed E-state index contributed by atoms with van der Waals surface area (Å²) in [6.45, 7) is -1.13. The molecule has 1 aromatic rings. The van der Waals surface area contributed by atoms with Gasteiger partial charge in [0.05, 0.1) is 11.8 Å². The van der Waals surface area contributed by atoms with Crippen LogP contribution < -0.4 is 5.73 Å². The number of nitrogens with zero attached hydrogens (tertiary/aromatic N) is 1. The molecule has 5 nitrogen and oxygen atoms in total. The monoisotopic (exact) mass is 370 g/mol. The van der Waals surface area contributed by atoms with Crippen molar-refractivity contribution in [3.8, 4) is 0 Å². The van der Waals surface area contributed by atoms with Gasteiger partial charge in [0.2, 0.25) is 5.91 Å². The maximum absolute atomic E-state index is 13.0. The lowest BCUT2D eigenvalue weighted by Crippen LogP contribution is -2.37. The van der Waals surface area contributed by atoms with E-state index in [1.54, 1.807) is 0 Å². The summed E-state index contributed by atoms with van der Waals surface area (Å²) in [5, 5.41) is 9.00. The van der Waals surface area contributed by atoms with Crippen LogP contribution in [0.4, 0.5) is 17.6 Å². The quantitative estimate of drug-likeness (QED) is 0.794. The molecule has 0 radical (unpaired) electrons. The maximum atomic E-state index is 13.0. The number of likely N-dealkylation sites (tertiary alicyclic amines) is 1. The summed E-state index contributed by atoms with van der Waals surface area (Å²) in [7, 11) is 0. The Labute approximate surface area is 140 Å². The molecule has 1 amide bonds. The predicted octanol–water partition coefficient (Wildman–Crippen LogP) is 1.97. The Kier molecular flexibility index (Phi) is 6.18. The van der Waals surface area contributed by atoms with Crippen molar-refractivity contribution in [2.45, 2.75) is 12.2 Å². The third-order valence-electron chi connectivity index (χ3n) is 3.91. The topological polar surface area (TPSA) is 83.6 Å². The van der Waals surface area contributed by atoms with Crippen LogP contribution in [0.5, 0.6) is 0 Å². The van der Waals surface area contributed by atoms with Crippen LogP contribution in [0, 0.1) is 17.7 Å². The van der Waals surface area contributed by atoms with Crippen molar-refractivity contribution in [3.05, 3.63) is 35.6 Å². The average molecular weight is 371 g/mol. The van der Waals surface area contributed by atoms with Gasteiger partial charge in [-0.05, 0) is 17.7 Å².